The van der Waals surface area contributed by atoms with Gasteiger partial charge in [-0.2, -0.15) is 0 Å². The van der Waals surface area contributed by atoms with E-state index in [2.05, 4.69) is 74.3 Å². The lowest BCUT2D eigenvalue weighted by atomic mass is 9.96. The quantitative estimate of drug-likeness (QED) is 0.814. The highest BCUT2D eigenvalue weighted by atomic mass is 15.0. The first kappa shape index (κ1) is 16.3. The van der Waals surface area contributed by atoms with Crippen LogP contribution >= 0.6 is 0 Å². The zero-order chi connectivity index (χ0) is 16.2. The molecule has 0 aliphatic rings. The lowest BCUT2D eigenvalue weighted by Gasteiger charge is -2.26. The van der Waals surface area contributed by atoms with Crippen molar-refractivity contribution in [2.24, 2.45) is 5.73 Å². The number of benzene rings is 2. The van der Waals surface area contributed by atoms with Gasteiger partial charge in [-0.05, 0) is 49.9 Å². The molecule has 0 heterocycles. The summed E-state index contributed by atoms with van der Waals surface area (Å²) in [5.41, 5.74) is 11.6. The Morgan fingerprint density at radius 1 is 1.05 bits per heavy atom. The summed E-state index contributed by atoms with van der Waals surface area (Å²) in [6, 6.07) is 17.1. The molecule has 0 fully saturated rings. The van der Waals surface area contributed by atoms with E-state index in [0.29, 0.717) is 0 Å². The van der Waals surface area contributed by atoms with E-state index in [9.17, 15) is 0 Å². The molecule has 0 aliphatic carbocycles. The van der Waals surface area contributed by atoms with Gasteiger partial charge in [0.2, 0.25) is 0 Å². The van der Waals surface area contributed by atoms with Crippen LogP contribution in [0.25, 0.3) is 0 Å². The van der Waals surface area contributed by atoms with Crippen LogP contribution in [0, 0.1) is 6.92 Å². The number of aryl methyl sites for hydroxylation is 1. The molecule has 116 valence electrons. The molecule has 0 amide bonds. The maximum absolute atomic E-state index is 6.19. The number of anilines is 1. The van der Waals surface area contributed by atoms with Crippen LogP contribution in [-0.2, 0) is 6.42 Å². The van der Waals surface area contributed by atoms with Crippen LogP contribution in [0.2, 0.25) is 0 Å². The second kappa shape index (κ2) is 6.80. The molecule has 22 heavy (non-hydrogen) atoms. The molecule has 2 heteroatoms. The first-order valence-electron chi connectivity index (χ1n) is 7.80. The van der Waals surface area contributed by atoms with Crippen LogP contribution in [0.5, 0.6) is 0 Å². The highest BCUT2D eigenvalue weighted by Crippen LogP contribution is 2.20. The number of hydrogen-bond acceptors (Lipinski definition) is 2. The number of rotatable bonds is 6. The van der Waals surface area contributed by atoms with Crippen molar-refractivity contribution in [3.8, 4) is 0 Å². The third-order valence-corrected chi connectivity index (χ3v) is 4.20. The van der Waals surface area contributed by atoms with E-state index in [1.807, 2.05) is 6.92 Å². The van der Waals surface area contributed by atoms with Gasteiger partial charge in [-0.25, -0.2) is 0 Å². The maximum atomic E-state index is 6.19. The Hall–Kier alpha value is -2.06. The Balaban J connectivity index is 2.01. The van der Waals surface area contributed by atoms with Crippen LogP contribution in [0.15, 0.2) is 60.8 Å². The van der Waals surface area contributed by atoms with E-state index in [1.54, 1.807) is 0 Å². The first-order chi connectivity index (χ1) is 10.4. The zero-order valence-electron chi connectivity index (χ0n) is 13.8. The van der Waals surface area contributed by atoms with Gasteiger partial charge >= 0.3 is 0 Å². The third kappa shape index (κ3) is 4.22. The molecule has 0 spiro atoms. The van der Waals surface area contributed by atoms with E-state index < -0.39 is 0 Å². The molecule has 0 unspecified atom stereocenters. The number of nitrogens with two attached hydrogens (primary N) is 1. The third-order valence-electron chi connectivity index (χ3n) is 4.20. The van der Waals surface area contributed by atoms with Gasteiger partial charge in [0, 0.05) is 11.4 Å². The number of nitrogens with one attached hydrogen (secondary N) is 1. The van der Waals surface area contributed by atoms with Gasteiger partial charge < -0.3 is 11.1 Å². The lowest BCUT2D eigenvalue weighted by molar-refractivity contribution is 0.535. The van der Waals surface area contributed by atoms with Crippen molar-refractivity contribution in [1.82, 2.24) is 0 Å². The van der Waals surface area contributed by atoms with E-state index in [4.69, 9.17) is 5.73 Å². The zero-order valence-corrected chi connectivity index (χ0v) is 13.8. The van der Waals surface area contributed by atoms with Crippen LogP contribution in [-0.4, -0.2) is 5.54 Å². The van der Waals surface area contributed by atoms with Crippen molar-refractivity contribution in [3.05, 3.63) is 77.5 Å². The van der Waals surface area contributed by atoms with E-state index >= 15 is 0 Å². The largest absolute Gasteiger partial charge is 0.358 e. The SMILES string of the molecule is C=C(Nc1ccc(Cc2ccc(C)cc2)cc1)[C@@](C)(N)CC. The molecule has 1 atom stereocenters. The van der Waals surface area contributed by atoms with E-state index in [0.717, 1.165) is 24.2 Å². The molecule has 2 nitrogen and oxygen atoms in total. The van der Waals surface area contributed by atoms with Gasteiger partial charge in [0.25, 0.3) is 0 Å². The molecule has 2 rings (SSSR count). The summed E-state index contributed by atoms with van der Waals surface area (Å²) in [6.45, 7) is 10.2. The summed E-state index contributed by atoms with van der Waals surface area (Å²) < 4.78 is 0. The van der Waals surface area contributed by atoms with Crippen molar-refractivity contribution in [3.63, 3.8) is 0 Å². The molecule has 0 radical (unpaired) electrons. The Morgan fingerprint density at radius 3 is 2.05 bits per heavy atom. The topological polar surface area (TPSA) is 38.0 Å². The molecule has 0 saturated carbocycles. The van der Waals surface area contributed by atoms with Crippen molar-refractivity contribution in [2.75, 3.05) is 5.32 Å². The van der Waals surface area contributed by atoms with Crippen molar-refractivity contribution < 1.29 is 0 Å². The van der Waals surface area contributed by atoms with Gasteiger partial charge in [0.05, 0.1) is 5.54 Å². The van der Waals surface area contributed by atoms with Crippen LogP contribution in [0.3, 0.4) is 0 Å². The average Bonchev–Trinajstić information content (AvgIpc) is 2.51. The van der Waals surface area contributed by atoms with Crippen molar-refractivity contribution >= 4 is 5.69 Å². The second-order valence-electron chi connectivity index (χ2n) is 6.23. The van der Waals surface area contributed by atoms with Crippen LogP contribution in [0.1, 0.15) is 37.0 Å². The summed E-state index contributed by atoms with van der Waals surface area (Å²) in [7, 11) is 0. The molecule has 2 aromatic rings. The predicted octanol–water partition coefficient (Wildman–Crippen LogP) is 4.64. The van der Waals surface area contributed by atoms with Crippen LogP contribution < -0.4 is 11.1 Å². The van der Waals surface area contributed by atoms with Gasteiger partial charge in [-0.1, -0.05) is 55.5 Å². The summed E-state index contributed by atoms with van der Waals surface area (Å²) in [5, 5.41) is 3.31. The Kier molecular flexibility index (Phi) is 5.04. The highest BCUT2D eigenvalue weighted by Gasteiger charge is 2.19. The van der Waals surface area contributed by atoms with Crippen LogP contribution in [0.4, 0.5) is 5.69 Å². The minimum atomic E-state index is -0.388. The van der Waals surface area contributed by atoms with Crippen molar-refractivity contribution in [1.29, 1.82) is 0 Å². The minimum absolute atomic E-state index is 0.388. The molecule has 3 N–H and O–H groups in total. The first-order valence-corrected chi connectivity index (χ1v) is 7.80. The highest BCUT2D eigenvalue weighted by molar-refractivity contribution is 5.51. The smallest absolute Gasteiger partial charge is 0.0524 e. The summed E-state index contributed by atoms with van der Waals surface area (Å²) in [6.07, 6.45) is 1.80. The summed E-state index contributed by atoms with van der Waals surface area (Å²) in [4.78, 5) is 0. The average molecular weight is 294 g/mol. The monoisotopic (exact) mass is 294 g/mol. The normalized spacial score (nSPS) is 13.5. The molecular weight excluding hydrogens is 268 g/mol. The molecule has 2 aromatic carbocycles. The standard InChI is InChI=1S/C20H26N2/c1-5-20(4,21)16(3)22-19-12-10-18(11-13-19)14-17-8-6-15(2)7-9-17/h6-13,22H,3,5,14,21H2,1-2,4H3/t20-/m0/s1. The Bertz CT molecular complexity index is 622. The summed E-state index contributed by atoms with van der Waals surface area (Å²) in [5.74, 6) is 0. The fraction of sp³-hybridized carbons (Fsp3) is 0.300. The minimum Gasteiger partial charge on any atom is -0.358 e. The van der Waals surface area contributed by atoms with Gasteiger partial charge in [-0.3, -0.25) is 0 Å². The fourth-order valence-electron chi connectivity index (χ4n) is 2.18. The van der Waals surface area contributed by atoms with Gasteiger partial charge in [0.1, 0.15) is 0 Å². The predicted molar refractivity (Wildman–Crippen MR) is 96.1 cm³/mol. The van der Waals surface area contributed by atoms with E-state index in [1.165, 1.54) is 16.7 Å². The van der Waals surface area contributed by atoms with Crippen molar-refractivity contribution in [2.45, 2.75) is 39.2 Å². The summed E-state index contributed by atoms with van der Waals surface area (Å²) >= 11 is 0. The van der Waals surface area contributed by atoms with Gasteiger partial charge in [0.15, 0.2) is 0 Å². The maximum Gasteiger partial charge on any atom is 0.0524 e. The second-order valence-corrected chi connectivity index (χ2v) is 6.23. The molecule has 0 aromatic heterocycles. The fourth-order valence-corrected chi connectivity index (χ4v) is 2.18. The molecule has 0 saturated heterocycles. The molecular formula is C20H26N2. The number of hydrogen-bond donors (Lipinski definition) is 2. The Morgan fingerprint density at radius 2 is 1.55 bits per heavy atom. The van der Waals surface area contributed by atoms with Gasteiger partial charge in [-0.15, -0.1) is 0 Å². The Labute approximate surface area is 134 Å². The van der Waals surface area contributed by atoms with E-state index in [-0.39, 0.29) is 5.54 Å². The molecule has 0 aliphatic heterocycles. The molecule has 0 bridgehead atoms. The lowest BCUT2D eigenvalue weighted by Crippen LogP contribution is -2.39.